The van der Waals surface area contributed by atoms with E-state index in [1.165, 1.54) is 13.2 Å². The zero-order chi connectivity index (χ0) is 15.4. The lowest BCUT2D eigenvalue weighted by Gasteiger charge is -2.14. The fourth-order valence-electron chi connectivity index (χ4n) is 1.76. The van der Waals surface area contributed by atoms with Gasteiger partial charge in [0, 0.05) is 11.1 Å². The Hall–Kier alpha value is -1.59. The average molecular weight is 374 g/mol. The van der Waals surface area contributed by atoms with Crippen molar-refractivity contribution in [3.05, 3.63) is 56.8 Å². The lowest BCUT2D eigenvalue weighted by atomic mass is 10.2. The largest absolute Gasteiger partial charge is 0.493 e. The number of benzene rings is 2. The molecule has 0 spiro atoms. The normalized spacial score (nSPS) is 10.3. The van der Waals surface area contributed by atoms with Crippen molar-refractivity contribution in [1.82, 2.24) is 0 Å². The van der Waals surface area contributed by atoms with Gasteiger partial charge in [0.25, 0.3) is 0 Å². The lowest BCUT2D eigenvalue weighted by Crippen LogP contribution is -2.01. The molecule has 0 aliphatic rings. The van der Waals surface area contributed by atoms with Gasteiger partial charge in [-0.05, 0) is 34.1 Å². The average Bonchev–Trinajstić information content (AvgIpc) is 2.49. The summed E-state index contributed by atoms with van der Waals surface area (Å²) in [6, 6.07) is 7.67. The molecule has 0 radical (unpaired) electrons. The molecule has 0 amide bonds. The highest BCUT2D eigenvalue weighted by atomic mass is 79.9. The van der Waals surface area contributed by atoms with Crippen LogP contribution in [0.15, 0.2) is 34.8 Å². The smallest absolute Gasteiger partial charge is 0.175 e. The van der Waals surface area contributed by atoms with Gasteiger partial charge in [-0.25, -0.2) is 4.39 Å². The van der Waals surface area contributed by atoms with Crippen molar-refractivity contribution < 1.29 is 18.7 Å². The molecular weight excluding hydrogens is 363 g/mol. The van der Waals surface area contributed by atoms with E-state index in [9.17, 15) is 9.18 Å². The molecule has 2 rings (SSSR count). The van der Waals surface area contributed by atoms with Crippen molar-refractivity contribution in [2.24, 2.45) is 0 Å². The molecule has 0 saturated heterocycles. The van der Waals surface area contributed by atoms with E-state index < -0.39 is 5.82 Å². The van der Waals surface area contributed by atoms with Crippen LogP contribution in [0.3, 0.4) is 0 Å². The fourth-order valence-corrected chi connectivity index (χ4v) is 2.51. The van der Waals surface area contributed by atoms with Crippen molar-refractivity contribution in [3.63, 3.8) is 0 Å². The zero-order valence-electron chi connectivity index (χ0n) is 11.0. The minimum absolute atomic E-state index is 0.0251. The predicted molar refractivity (Wildman–Crippen MR) is 81.8 cm³/mol. The van der Waals surface area contributed by atoms with Gasteiger partial charge >= 0.3 is 0 Å². The Labute approximate surface area is 134 Å². The Bertz CT molecular complexity index is 676. The fraction of sp³-hybridized carbons (Fsp3) is 0.133. The van der Waals surface area contributed by atoms with Gasteiger partial charge in [-0.15, -0.1) is 0 Å². The van der Waals surface area contributed by atoms with Crippen LogP contribution in [0.4, 0.5) is 4.39 Å². The minimum Gasteiger partial charge on any atom is -0.493 e. The maximum Gasteiger partial charge on any atom is 0.175 e. The van der Waals surface area contributed by atoms with Gasteiger partial charge in [-0.2, -0.15) is 0 Å². The van der Waals surface area contributed by atoms with Crippen LogP contribution in [-0.2, 0) is 6.61 Å². The van der Waals surface area contributed by atoms with E-state index in [1.807, 2.05) is 0 Å². The van der Waals surface area contributed by atoms with E-state index in [0.717, 1.165) is 0 Å². The number of hydrogen-bond donors (Lipinski definition) is 0. The van der Waals surface area contributed by atoms with E-state index in [-0.39, 0.29) is 11.6 Å². The molecule has 3 nitrogen and oxygen atoms in total. The lowest BCUT2D eigenvalue weighted by molar-refractivity contribution is 0.112. The summed E-state index contributed by atoms with van der Waals surface area (Å²) < 4.78 is 24.8. The number of carbonyl (C=O) groups excluding carboxylic acids is 1. The first-order valence-corrected chi connectivity index (χ1v) is 7.12. The highest BCUT2D eigenvalue weighted by Gasteiger charge is 2.13. The zero-order valence-corrected chi connectivity index (χ0v) is 13.4. The number of aldehydes is 1. The van der Waals surface area contributed by atoms with Crippen LogP contribution < -0.4 is 9.47 Å². The second-order valence-corrected chi connectivity index (χ2v) is 5.39. The Balaban J connectivity index is 2.27. The second kappa shape index (κ2) is 6.91. The Morgan fingerprint density at radius 2 is 2.14 bits per heavy atom. The first-order chi connectivity index (χ1) is 10.1. The molecule has 0 saturated carbocycles. The molecule has 0 aromatic heterocycles. The van der Waals surface area contributed by atoms with Crippen molar-refractivity contribution in [3.8, 4) is 11.5 Å². The van der Waals surface area contributed by atoms with Crippen LogP contribution in [0.5, 0.6) is 11.5 Å². The molecule has 6 heteroatoms. The topological polar surface area (TPSA) is 35.5 Å². The molecule has 0 fully saturated rings. The van der Waals surface area contributed by atoms with Gasteiger partial charge < -0.3 is 9.47 Å². The highest BCUT2D eigenvalue weighted by Crippen LogP contribution is 2.37. The van der Waals surface area contributed by atoms with Crippen LogP contribution in [0.2, 0.25) is 5.02 Å². The molecule has 0 aliphatic carbocycles. The van der Waals surface area contributed by atoms with Crippen LogP contribution in [0.25, 0.3) is 0 Å². The van der Waals surface area contributed by atoms with Crippen LogP contribution >= 0.6 is 27.5 Å². The summed E-state index contributed by atoms with van der Waals surface area (Å²) in [4.78, 5) is 10.8. The number of halogens is 3. The SMILES string of the molecule is COc1cc(C=O)cc(Br)c1OCc1cccc(F)c1Cl. The molecular formula is C15H11BrClFO3. The Morgan fingerprint density at radius 1 is 1.38 bits per heavy atom. The van der Waals surface area contributed by atoms with Crippen molar-refractivity contribution in [2.45, 2.75) is 6.61 Å². The van der Waals surface area contributed by atoms with E-state index in [0.29, 0.717) is 33.4 Å². The molecule has 2 aromatic carbocycles. The molecule has 0 aliphatic heterocycles. The summed E-state index contributed by atoms with van der Waals surface area (Å²) in [5, 5.41) is 0.0251. The van der Waals surface area contributed by atoms with E-state index in [4.69, 9.17) is 21.1 Å². The number of ether oxygens (including phenoxy) is 2. The van der Waals surface area contributed by atoms with E-state index in [1.54, 1.807) is 24.3 Å². The predicted octanol–water partition coefficient (Wildman–Crippen LogP) is 4.64. The summed E-state index contributed by atoms with van der Waals surface area (Å²) in [6.07, 6.45) is 0.709. The number of carbonyl (C=O) groups is 1. The maximum absolute atomic E-state index is 13.4. The third-order valence-corrected chi connectivity index (χ3v) is 3.80. The van der Waals surface area contributed by atoms with E-state index >= 15 is 0 Å². The minimum atomic E-state index is -0.500. The van der Waals surface area contributed by atoms with Crippen molar-refractivity contribution >= 4 is 33.8 Å². The molecule has 0 heterocycles. The molecule has 21 heavy (non-hydrogen) atoms. The summed E-state index contributed by atoms with van der Waals surface area (Å²) >= 11 is 9.19. The second-order valence-electron chi connectivity index (χ2n) is 4.15. The van der Waals surface area contributed by atoms with Gasteiger partial charge in [0.15, 0.2) is 11.5 Å². The number of rotatable bonds is 5. The quantitative estimate of drug-likeness (QED) is 0.716. The van der Waals surface area contributed by atoms with Gasteiger partial charge in [0.1, 0.15) is 18.7 Å². The summed E-state index contributed by atoms with van der Waals surface area (Å²) in [5.41, 5.74) is 0.972. The molecule has 0 bridgehead atoms. The summed E-state index contributed by atoms with van der Waals surface area (Å²) in [6.45, 7) is 0.0754. The maximum atomic E-state index is 13.4. The van der Waals surface area contributed by atoms with Crippen molar-refractivity contribution in [2.75, 3.05) is 7.11 Å². The Kier molecular flexibility index (Phi) is 5.20. The monoisotopic (exact) mass is 372 g/mol. The number of methoxy groups -OCH3 is 1. The third-order valence-electron chi connectivity index (χ3n) is 2.79. The molecule has 0 N–H and O–H groups in total. The van der Waals surface area contributed by atoms with Crippen molar-refractivity contribution in [1.29, 1.82) is 0 Å². The highest BCUT2D eigenvalue weighted by molar-refractivity contribution is 9.10. The summed E-state index contributed by atoms with van der Waals surface area (Å²) in [5.74, 6) is 0.322. The van der Waals surface area contributed by atoms with Gasteiger partial charge in [-0.3, -0.25) is 4.79 Å². The van der Waals surface area contributed by atoms with Crippen LogP contribution in [0.1, 0.15) is 15.9 Å². The standard InChI is InChI=1S/C15H11BrClFO3/c1-20-13-6-9(7-19)5-11(16)15(13)21-8-10-3-2-4-12(18)14(10)17/h2-7H,8H2,1H3. The Morgan fingerprint density at radius 3 is 2.81 bits per heavy atom. The molecule has 110 valence electrons. The molecule has 0 atom stereocenters. The first kappa shape index (κ1) is 15.8. The third kappa shape index (κ3) is 3.54. The van der Waals surface area contributed by atoms with E-state index in [2.05, 4.69) is 15.9 Å². The summed E-state index contributed by atoms with van der Waals surface area (Å²) in [7, 11) is 1.47. The first-order valence-electron chi connectivity index (χ1n) is 5.95. The molecule has 0 unspecified atom stereocenters. The van der Waals surface area contributed by atoms with Crippen LogP contribution in [-0.4, -0.2) is 13.4 Å². The van der Waals surface area contributed by atoms with Gasteiger partial charge in [0.05, 0.1) is 16.6 Å². The number of hydrogen-bond acceptors (Lipinski definition) is 3. The van der Waals surface area contributed by atoms with Gasteiger partial charge in [-0.1, -0.05) is 23.7 Å². The van der Waals surface area contributed by atoms with Crippen LogP contribution in [0, 0.1) is 5.82 Å². The molecule has 2 aromatic rings. The van der Waals surface area contributed by atoms with Gasteiger partial charge in [0.2, 0.25) is 0 Å².